The van der Waals surface area contributed by atoms with Gasteiger partial charge in [-0.2, -0.15) is 0 Å². The molecule has 118 valence electrons. The van der Waals surface area contributed by atoms with Crippen LogP contribution in [0.3, 0.4) is 0 Å². The van der Waals surface area contributed by atoms with Crippen LogP contribution in [-0.2, 0) is 12.8 Å². The summed E-state index contributed by atoms with van der Waals surface area (Å²) in [6, 6.07) is 17.4. The molecule has 2 aliphatic rings. The lowest BCUT2D eigenvalue weighted by molar-refractivity contribution is 0.687. The lowest BCUT2D eigenvalue weighted by Gasteiger charge is -2.19. The minimum absolute atomic E-state index is 0.324. The molecule has 2 atom stereocenters. The highest BCUT2D eigenvalue weighted by Crippen LogP contribution is 2.43. The lowest BCUT2D eigenvalue weighted by atomic mass is 9.90. The Labute approximate surface area is 137 Å². The molecule has 0 aliphatic heterocycles. The van der Waals surface area contributed by atoms with Crippen LogP contribution in [0.4, 0.5) is 5.69 Å². The van der Waals surface area contributed by atoms with E-state index in [1.54, 1.807) is 0 Å². The highest BCUT2D eigenvalue weighted by Gasteiger charge is 2.38. The van der Waals surface area contributed by atoms with Gasteiger partial charge in [0.05, 0.1) is 6.04 Å². The summed E-state index contributed by atoms with van der Waals surface area (Å²) in [6.07, 6.45) is 5.98. The Hall–Kier alpha value is -2.29. The molecule has 2 aromatic carbocycles. The van der Waals surface area contributed by atoms with E-state index in [1.165, 1.54) is 36.0 Å². The van der Waals surface area contributed by atoms with Gasteiger partial charge in [-0.15, -0.1) is 0 Å². The minimum atomic E-state index is 0.324. The molecule has 0 saturated heterocycles. The van der Waals surface area contributed by atoms with E-state index in [9.17, 15) is 0 Å². The van der Waals surface area contributed by atoms with Gasteiger partial charge in [-0.3, -0.25) is 0 Å². The Kier molecular flexibility index (Phi) is 3.78. The fourth-order valence-electron chi connectivity index (χ4n) is 3.63. The molecular formula is C20H23N3. The second-order valence-electron chi connectivity index (χ2n) is 6.61. The average Bonchev–Trinajstić information content (AvgIpc) is 3.35. The molecule has 1 fully saturated rings. The van der Waals surface area contributed by atoms with Crippen molar-refractivity contribution in [3.05, 3.63) is 65.2 Å². The second-order valence-corrected chi connectivity index (χ2v) is 6.61. The number of benzene rings is 2. The van der Waals surface area contributed by atoms with Gasteiger partial charge in [0.15, 0.2) is 5.96 Å². The number of aliphatic imine (C=N–C) groups is 1. The average molecular weight is 305 g/mol. The summed E-state index contributed by atoms with van der Waals surface area (Å²) >= 11 is 0. The van der Waals surface area contributed by atoms with Crippen LogP contribution >= 0.6 is 0 Å². The molecular weight excluding hydrogens is 282 g/mol. The number of nitrogens with two attached hydrogens (primary N) is 1. The molecule has 2 aromatic rings. The van der Waals surface area contributed by atoms with Gasteiger partial charge in [0, 0.05) is 11.6 Å². The van der Waals surface area contributed by atoms with E-state index < -0.39 is 0 Å². The molecule has 2 aliphatic carbocycles. The quantitative estimate of drug-likeness (QED) is 0.668. The maximum Gasteiger partial charge on any atom is 0.193 e. The number of rotatable bonds is 3. The number of anilines is 1. The lowest BCUT2D eigenvalue weighted by Crippen LogP contribution is -2.24. The van der Waals surface area contributed by atoms with Crippen molar-refractivity contribution >= 4 is 11.6 Å². The van der Waals surface area contributed by atoms with Gasteiger partial charge in [0.1, 0.15) is 0 Å². The second kappa shape index (κ2) is 6.07. The molecule has 23 heavy (non-hydrogen) atoms. The Morgan fingerprint density at radius 3 is 2.70 bits per heavy atom. The van der Waals surface area contributed by atoms with E-state index in [0.29, 0.717) is 17.9 Å². The summed E-state index contributed by atoms with van der Waals surface area (Å²) in [5, 5.41) is 3.34. The number of nitrogens with zero attached hydrogens (tertiary/aromatic N) is 1. The smallest absolute Gasteiger partial charge is 0.193 e. The SMILES string of the molecule is NC(=NC1CC1c1ccccc1)Nc1cccc2c1CCCC2. The normalized spacial score (nSPS) is 23.2. The van der Waals surface area contributed by atoms with Gasteiger partial charge < -0.3 is 11.1 Å². The fourth-order valence-corrected chi connectivity index (χ4v) is 3.63. The highest BCUT2D eigenvalue weighted by molar-refractivity contribution is 5.93. The van der Waals surface area contributed by atoms with Crippen LogP contribution in [0.25, 0.3) is 0 Å². The molecule has 2 unspecified atom stereocenters. The first-order valence-electron chi connectivity index (χ1n) is 8.57. The van der Waals surface area contributed by atoms with E-state index in [4.69, 9.17) is 5.73 Å². The van der Waals surface area contributed by atoms with Crippen molar-refractivity contribution in [1.82, 2.24) is 0 Å². The van der Waals surface area contributed by atoms with Crippen LogP contribution in [0.15, 0.2) is 53.5 Å². The molecule has 3 nitrogen and oxygen atoms in total. The van der Waals surface area contributed by atoms with Gasteiger partial charge in [-0.1, -0.05) is 42.5 Å². The Morgan fingerprint density at radius 1 is 1.00 bits per heavy atom. The van der Waals surface area contributed by atoms with Crippen molar-refractivity contribution in [1.29, 1.82) is 0 Å². The number of fused-ring (bicyclic) bond motifs is 1. The first-order valence-corrected chi connectivity index (χ1v) is 8.57. The summed E-state index contributed by atoms with van der Waals surface area (Å²) in [6.45, 7) is 0. The number of guanidine groups is 1. The molecule has 4 rings (SSSR count). The van der Waals surface area contributed by atoms with Crippen molar-refractivity contribution in [3.63, 3.8) is 0 Å². The van der Waals surface area contributed by atoms with Crippen molar-refractivity contribution in [2.24, 2.45) is 10.7 Å². The van der Waals surface area contributed by atoms with Gasteiger partial charge in [-0.25, -0.2) is 4.99 Å². The fraction of sp³-hybridized carbons (Fsp3) is 0.350. The van der Waals surface area contributed by atoms with E-state index in [1.807, 2.05) is 0 Å². The minimum Gasteiger partial charge on any atom is -0.370 e. The Morgan fingerprint density at radius 2 is 1.83 bits per heavy atom. The zero-order valence-electron chi connectivity index (χ0n) is 13.3. The van der Waals surface area contributed by atoms with Crippen molar-refractivity contribution in [2.75, 3.05) is 5.32 Å². The van der Waals surface area contributed by atoms with Crippen LogP contribution in [0.1, 0.15) is 41.9 Å². The monoisotopic (exact) mass is 305 g/mol. The molecule has 1 saturated carbocycles. The third-order valence-corrected chi connectivity index (χ3v) is 4.95. The third kappa shape index (κ3) is 3.09. The van der Waals surface area contributed by atoms with E-state index in [0.717, 1.165) is 18.5 Å². The van der Waals surface area contributed by atoms with Gasteiger partial charge in [-0.05, 0) is 54.9 Å². The molecule has 3 N–H and O–H groups in total. The molecule has 3 heteroatoms. The summed E-state index contributed by atoms with van der Waals surface area (Å²) in [5.74, 6) is 1.08. The topological polar surface area (TPSA) is 50.4 Å². The summed E-state index contributed by atoms with van der Waals surface area (Å²) < 4.78 is 0. The van der Waals surface area contributed by atoms with Crippen molar-refractivity contribution in [2.45, 2.75) is 44.1 Å². The first kappa shape index (κ1) is 14.3. The Balaban J connectivity index is 1.46. The standard InChI is InChI=1S/C20H23N3/c21-20(23-19-13-17(19)15-7-2-1-3-8-15)22-18-12-6-10-14-9-4-5-11-16(14)18/h1-3,6-8,10,12,17,19H,4-5,9,11,13H2,(H3,21,22,23). The largest absolute Gasteiger partial charge is 0.370 e. The van der Waals surface area contributed by atoms with E-state index >= 15 is 0 Å². The highest BCUT2D eigenvalue weighted by atomic mass is 15.1. The van der Waals surface area contributed by atoms with Crippen LogP contribution in [0.2, 0.25) is 0 Å². The van der Waals surface area contributed by atoms with Crippen LogP contribution < -0.4 is 11.1 Å². The van der Waals surface area contributed by atoms with Crippen LogP contribution in [-0.4, -0.2) is 12.0 Å². The summed E-state index contributed by atoms with van der Waals surface area (Å²) in [5.41, 5.74) is 11.5. The summed E-state index contributed by atoms with van der Waals surface area (Å²) in [7, 11) is 0. The third-order valence-electron chi connectivity index (χ3n) is 4.95. The summed E-state index contributed by atoms with van der Waals surface area (Å²) in [4.78, 5) is 4.67. The Bertz CT molecular complexity index is 721. The number of nitrogens with one attached hydrogen (secondary N) is 1. The molecule has 0 radical (unpaired) electrons. The van der Waals surface area contributed by atoms with Crippen LogP contribution in [0.5, 0.6) is 0 Å². The molecule has 0 aromatic heterocycles. The molecule has 0 heterocycles. The van der Waals surface area contributed by atoms with Gasteiger partial charge >= 0.3 is 0 Å². The molecule has 0 amide bonds. The van der Waals surface area contributed by atoms with Crippen LogP contribution in [0, 0.1) is 0 Å². The molecule has 0 spiro atoms. The first-order chi connectivity index (χ1) is 11.3. The number of hydrogen-bond acceptors (Lipinski definition) is 1. The zero-order chi connectivity index (χ0) is 15.6. The maximum atomic E-state index is 6.16. The van der Waals surface area contributed by atoms with Gasteiger partial charge in [0.2, 0.25) is 0 Å². The van der Waals surface area contributed by atoms with Crippen molar-refractivity contribution < 1.29 is 0 Å². The predicted octanol–water partition coefficient (Wildman–Crippen LogP) is 3.85. The maximum absolute atomic E-state index is 6.16. The zero-order valence-corrected chi connectivity index (χ0v) is 13.3. The number of aryl methyl sites for hydroxylation is 1. The number of hydrogen-bond donors (Lipinski definition) is 2. The van der Waals surface area contributed by atoms with E-state index in [2.05, 4.69) is 58.8 Å². The molecule has 0 bridgehead atoms. The van der Waals surface area contributed by atoms with Gasteiger partial charge in [0.25, 0.3) is 0 Å². The predicted molar refractivity (Wildman–Crippen MR) is 95.9 cm³/mol. The van der Waals surface area contributed by atoms with E-state index in [-0.39, 0.29) is 0 Å². The van der Waals surface area contributed by atoms with Crippen molar-refractivity contribution in [3.8, 4) is 0 Å².